The van der Waals surface area contributed by atoms with Gasteiger partial charge in [0.2, 0.25) is 0 Å². The second-order valence-corrected chi connectivity index (χ2v) is 2.50. The molecule has 6 heteroatoms. The van der Waals surface area contributed by atoms with E-state index in [-0.39, 0.29) is 0 Å². The average Bonchev–Trinajstić information content (AvgIpc) is 2.08. The highest BCUT2D eigenvalue weighted by atomic mass is 16.7. The average molecular weight is 180 g/mol. The maximum Gasteiger partial charge on any atom is 0.184 e. The molecule has 4 N–H and O–H groups in total. The summed E-state index contributed by atoms with van der Waals surface area (Å²) in [7, 11) is 0. The molecule has 0 amide bonds. The van der Waals surface area contributed by atoms with Gasteiger partial charge in [0.1, 0.15) is 12.2 Å². The van der Waals surface area contributed by atoms with Crippen molar-refractivity contribution in [3.63, 3.8) is 0 Å². The van der Waals surface area contributed by atoms with Crippen molar-refractivity contribution in [2.45, 2.75) is 24.8 Å². The van der Waals surface area contributed by atoms with Crippen LogP contribution in [0.5, 0.6) is 0 Å². The maximum absolute atomic E-state index is 9.06. The van der Waals surface area contributed by atoms with Crippen LogP contribution in [0.2, 0.25) is 0 Å². The Balaban J connectivity index is 2.49. The summed E-state index contributed by atoms with van der Waals surface area (Å²) in [6, 6.07) is 0. The van der Waals surface area contributed by atoms with Crippen LogP contribution < -0.4 is 0 Å². The zero-order chi connectivity index (χ0) is 9.14. The van der Waals surface area contributed by atoms with Gasteiger partial charge in [0.05, 0.1) is 13.2 Å². The van der Waals surface area contributed by atoms with Crippen LogP contribution in [0.3, 0.4) is 0 Å². The van der Waals surface area contributed by atoms with Crippen molar-refractivity contribution in [2.24, 2.45) is 0 Å². The summed E-state index contributed by atoms with van der Waals surface area (Å²) in [5.41, 5.74) is 0. The van der Waals surface area contributed by atoms with Crippen LogP contribution in [0.1, 0.15) is 0 Å². The number of ether oxygens (including phenoxy) is 2. The van der Waals surface area contributed by atoms with E-state index in [1.165, 1.54) is 0 Å². The molecule has 4 atom stereocenters. The van der Waals surface area contributed by atoms with Gasteiger partial charge >= 0.3 is 0 Å². The first kappa shape index (κ1) is 9.85. The van der Waals surface area contributed by atoms with Gasteiger partial charge in [-0.2, -0.15) is 0 Å². The van der Waals surface area contributed by atoms with Crippen molar-refractivity contribution >= 4 is 0 Å². The Morgan fingerprint density at radius 3 is 1.42 bits per heavy atom. The zero-order valence-electron chi connectivity index (χ0n) is 6.33. The summed E-state index contributed by atoms with van der Waals surface area (Å²) in [5.74, 6) is 0. The molecule has 0 aromatic rings. The Kier molecular flexibility index (Phi) is 3.39. The summed E-state index contributed by atoms with van der Waals surface area (Å²) in [4.78, 5) is 0. The highest BCUT2D eigenvalue weighted by Crippen LogP contribution is 2.16. The van der Waals surface area contributed by atoms with Gasteiger partial charge in [-0.25, -0.2) is 0 Å². The molecule has 0 radical (unpaired) electrons. The van der Waals surface area contributed by atoms with Gasteiger partial charge in [0, 0.05) is 0 Å². The lowest BCUT2D eigenvalue weighted by atomic mass is 10.2. The van der Waals surface area contributed by atoms with Gasteiger partial charge in [-0.3, -0.25) is 0 Å². The van der Waals surface area contributed by atoms with E-state index in [4.69, 9.17) is 29.9 Å². The number of aliphatic hydroxyl groups is 4. The van der Waals surface area contributed by atoms with Crippen molar-refractivity contribution in [2.75, 3.05) is 13.2 Å². The molecule has 0 unspecified atom stereocenters. The Hall–Kier alpha value is -0.240. The summed E-state index contributed by atoms with van der Waals surface area (Å²) in [5, 5.41) is 35.3. The van der Waals surface area contributed by atoms with Crippen molar-refractivity contribution < 1.29 is 29.9 Å². The largest absolute Gasteiger partial charge is 0.393 e. The zero-order valence-corrected chi connectivity index (χ0v) is 6.33. The molecule has 0 saturated carbocycles. The summed E-state index contributed by atoms with van der Waals surface area (Å²) >= 11 is 0. The van der Waals surface area contributed by atoms with E-state index in [0.29, 0.717) is 0 Å². The molecule has 1 aliphatic rings. The van der Waals surface area contributed by atoms with E-state index >= 15 is 0 Å². The van der Waals surface area contributed by atoms with Crippen LogP contribution in [0.25, 0.3) is 0 Å². The number of rotatable bonds is 2. The topological polar surface area (TPSA) is 99.4 Å². The van der Waals surface area contributed by atoms with Crippen LogP contribution >= 0.6 is 0 Å². The Morgan fingerprint density at radius 2 is 1.17 bits per heavy atom. The predicted molar refractivity (Wildman–Crippen MR) is 35.9 cm³/mol. The number of hydrogen-bond donors (Lipinski definition) is 4. The van der Waals surface area contributed by atoms with Crippen LogP contribution in [0.4, 0.5) is 0 Å². The van der Waals surface area contributed by atoms with E-state index in [9.17, 15) is 0 Å². The van der Waals surface area contributed by atoms with E-state index in [2.05, 4.69) is 0 Å². The monoisotopic (exact) mass is 180 g/mol. The van der Waals surface area contributed by atoms with Gasteiger partial charge in [0.15, 0.2) is 12.6 Å². The Labute approximate surface area is 69.0 Å². The van der Waals surface area contributed by atoms with Gasteiger partial charge < -0.3 is 29.9 Å². The van der Waals surface area contributed by atoms with Gasteiger partial charge in [-0.1, -0.05) is 0 Å². The molecule has 1 saturated heterocycles. The lowest BCUT2D eigenvalue weighted by Crippen LogP contribution is -2.51. The molecule has 0 aromatic heterocycles. The molecule has 1 fully saturated rings. The Morgan fingerprint density at radius 1 is 0.833 bits per heavy atom. The van der Waals surface area contributed by atoms with E-state index in [1.807, 2.05) is 0 Å². The fourth-order valence-electron chi connectivity index (χ4n) is 0.934. The van der Waals surface area contributed by atoms with Crippen LogP contribution in [-0.2, 0) is 9.47 Å². The Bertz CT molecular complexity index is 124. The second kappa shape index (κ2) is 4.13. The molecule has 0 spiro atoms. The third-order valence-electron chi connectivity index (χ3n) is 1.62. The van der Waals surface area contributed by atoms with Gasteiger partial charge in [-0.15, -0.1) is 0 Å². The number of hydrogen-bond acceptors (Lipinski definition) is 6. The minimum atomic E-state index is -1.31. The molecule has 1 aliphatic heterocycles. The first-order valence-electron chi connectivity index (χ1n) is 3.57. The minimum Gasteiger partial charge on any atom is -0.393 e. The molecule has 1 heterocycles. The summed E-state index contributed by atoms with van der Waals surface area (Å²) in [6.45, 7) is -0.896. The molecular formula is C6H12O6. The minimum absolute atomic E-state index is 0.448. The SMILES string of the molecule is OC[C@@H]1O[C@H](O)[C@@H](CO)O[C@H]1O. The van der Waals surface area contributed by atoms with Gasteiger partial charge in [0.25, 0.3) is 0 Å². The highest BCUT2D eigenvalue weighted by molar-refractivity contribution is 4.72. The van der Waals surface area contributed by atoms with E-state index in [1.54, 1.807) is 0 Å². The first-order chi connectivity index (χ1) is 5.69. The van der Waals surface area contributed by atoms with E-state index < -0.39 is 38.0 Å². The van der Waals surface area contributed by atoms with Crippen molar-refractivity contribution in [3.05, 3.63) is 0 Å². The molecule has 0 aromatic carbocycles. The highest BCUT2D eigenvalue weighted by Gasteiger charge is 2.36. The summed E-state index contributed by atoms with van der Waals surface area (Å²) < 4.78 is 9.44. The fraction of sp³-hybridized carbons (Fsp3) is 1.00. The smallest absolute Gasteiger partial charge is 0.184 e. The lowest BCUT2D eigenvalue weighted by molar-refractivity contribution is -0.338. The van der Waals surface area contributed by atoms with E-state index in [0.717, 1.165) is 0 Å². The number of aliphatic hydroxyl groups excluding tert-OH is 4. The molecule has 0 aliphatic carbocycles. The second-order valence-electron chi connectivity index (χ2n) is 2.50. The molecular weight excluding hydrogens is 168 g/mol. The van der Waals surface area contributed by atoms with Gasteiger partial charge in [-0.05, 0) is 0 Å². The molecule has 1 rings (SSSR count). The van der Waals surface area contributed by atoms with Crippen LogP contribution in [0, 0.1) is 0 Å². The maximum atomic E-state index is 9.06. The normalized spacial score (nSPS) is 43.0. The quantitative estimate of drug-likeness (QED) is 0.371. The van der Waals surface area contributed by atoms with Crippen LogP contribution in [0.15, 0.2) is 0 Å². The predicted octanol–water partition coefficient (Wildman–Crippen LogP) is -2.61. The standard InChI is InChI=1S/C6H12O6/c7-1-3-5(9)12-4(2-8)6(10)11-3/h3-10H,1-2H2/t3-,4+,5+,6-. The lowest BCUT2D eigenvalue weighted by Gasteiger charge is -2.35. The third kappa shape index (κ3) is 1.92. The molecule has 72 valence electrons. The summed E-state index contributed by atoms with van der Waals surface area (Å²) in [6.07, 6.45) is -4.53. The van der Waals surface area contributed by atoms with Crippen molar-refractivity contribution in [1.29, 1.82) is 0 Å². The molecule has 12 heavy (non-hydrogen) atoms. The van der Waals surface area contributed by atoms with Crippen molar-refractivity contribution in [3.8, 4) is 0 Å². The van der Waals surface area contributed by atoms with Crippen LogP contribution in [-0.4, -0.2) is 58.4 Å². The molecule has 6 nitrogen and oxygen atoms in total. The van der Waals surface area contributed by atoms with Crippen molar-refractivity contribution in [1.82, 2.24) is 0 Å². The first-order valence-corrected chi connectivity index (χ1v) is 3.57. The fourth-order valence-corrected chi connectivity index (χ4v) is 0.934. The molecule has 0 bridgehead atoms. The third-order valence-corrected chi connectivity index (χ3v) is 1.62.